The van der Waals surface area contributed by atoms with Crippen molar-refractivity contribution >= 4 is 47.8 Å². The Morgan fingerprint density at radius 1 is 1.05 bits per heavy atom. The second-order valence-electron chi connectivity index (χ2n) is 10.5. The molecular weight excluding hydrogens is 568 g/mol. The molecule has 2 amide bonds. The summed E-state index contributed by atoms with van der Waals surface area (Å²) in [7, 11) is 1.70. The zero-order chi connectivity index (χ0) is 31.1. The molecule has 1 aliphatic heterocycles. The molecule has 0 fully saturated rings. The Hall–Kier alpha value is -4.64. The fourth-order valence-corrected chi connectivity index (χ4v) is 5.58. The van der Waals surface area contributed by atoms with E-state index < -0.39 is 54.1 Å². The average molecular weight is 603 g/mol. The normalized spacial score (nSPS) is 16.6. The van der Waals surface area contributed by atoms with Crippen molar-refractivity contribution in [1.82, 2.24) is 5.32 Å². The van der Waals surface area contributed by atoms with Crippen LogP contribution >= 0.6 is 12.6 Å². The molecule has 3 aromatic rings. The number of benzene rings is 3. The number of aliphatic carboxylic acids is 2. The van der Waals surface area contributed by atoms with Crippen LogP contribution < -0.4 is 16.0 Å². The molecule has 0 aliphatic carbocycles. The molecule has 3 aromatic carbocycles. The summed E-state index contributed by atoms with van der Waals surface area (Å²) in [5, 5.41) is 22.9. The van der Waals surface area contributed by atoms with Gasteiger partial charge in [-0.15, -0.1) is 0 Å². The highest BCUT2D eigenvalue weighted by Gasteiger charge is 2.44. The summed E-state index contributed by atoms with van der Waals surface area (Å²) in [4.78, 5) is 57.2. The average Bonchev–Trinajstić information content (AvgIpc) is 3.14. The van der Waals surface area contributed by atoms with Crippen LogP contribution in [0, 0.1) is 5.92 Å². The monoisotopic (exact) mass is 602 g/mol. The zero-order valence-electron chi connectivity index (χ0n) is 23.6. The van der Waals surface area contributed by atoms with Crippen LogP contribution in [0.2, 0.25) is 0 Å². The maximum absolute atomic E-state index is 13.7. The number of amides is 2. The number of thiol groups is 1. The van der Waals surface area contributed by atoms with Gasteiger partial charge in [0.05, 0.1) is 18.2 Å². The highest BCUT2D eigenvalue weighted by molar-refractivity contribution is 7.80. The van der Waals surface area contributed by atoms with Crippen LogP contribution in [0.3, 0.4) is 0 Å². The Kier molecular flexibility index (Phi) is 9.87. The van der Waals surface area contributed by atoms with Crippen molar-refractivity contribution in [2.75, 3.05) is 24.2 Å². The van der Waals surface area contributed by atoms with Crippen molar-refractivity contribution in [1.29, 1.82) is 0 Å². The van der Waals surface area contributed by atoms with Crippen LogP contribution in [0.5, 0.6) is 0 Å². The maximum Gasteiger partial charge on any atom is 0.334 e. The van der Waals surface area contributed by atoms with E-state index in [1.807, 2.05) is 60.7 Å². The highest BCUT2D eigenvalue weighted by Crippen LogP contribution is 2.35. The van der Waals surface area contributed by atoms with Crippen molar-refractivity contribution < 1.29 is 29.4 Å². The molecule has 5 N–H and O–H groups in total. The number of carbonyl (C=O) groups excluding carboxylic acids is 2. The summed E-state index contributed by atoms with van der Waals surface area (Å²) in [5.74, 6) is -4.29. The van der Waals surface area contributed by atoms with Crippen LogP contribution in [-0.4, -0.2) is 65.1 Å². The Morgan fingerprint density at radius 3 is 2.28 bits per heavy atom. The van der Waals surface area contributed by atoms with Gasteiger partial charge < -0.3 is 26.2 Å². The Bertz CT molecular complexity index is 1530. The minimum absolute atomic E-state index is 0.0724. The van der Waals surface area contributed by atoms with Crippen LogP contribution in [0.1, 0.15) is 35.1 Å². The van der Waals surface area contributed by atoms with E-state index in [-0.39, 0.29) is 17.9 Å². The van der Waals surface area contributed by atoms with E-state index in [4.69, 9.17) is 10.7 Å². The Morgan fingerprint density at radius 2 is 1.70 bits per heavy atom. The fraction of sp³-hybridized carbons (Fsp3) is 0.281. The molecule has 11 heteroatoms. The summed E-state index contributed by atoms with van der Waals surface area (Å²) in [6.07, 6.45) is -0.610. The van der Waals surface area contributed by atoms with E-state index >= 15 is 0 Å². The quantitative estimate of drug-likeness (QED) is 0.199. The van der Waals surface area contributed by atoms with Gasteiger partial charge in [0.1, 0.15) is 6.04 Å². The summed E-state index contributed by atoms with van der Waals surface area (Å²) in [6.45, 7) is 0.0724. The molecule has 43 heavy (non-hydrogen) atoms. The lowest BCUT2D eigenvalue weighted by Crippen LogP contribution is -2.54. The van der Waals surface area contributed by atoms with E-state index in [9.17, 15) is 29.4 Å². The molecule has 0 spiro atoms. The molecule has 224 valence electrons. The van der Waals surface area contributed by atoms with Crippen molar-refractivity contribution in [2.24, 2.45) is 16.6 Å². The number of nitrogens with zero attached hydrogens (tertiary/aromatic N) is 2. The number of carboxylic acid groups (broad SMARTS) is 2. The molecule has 1 aliphatic rings. The number of rotatable bonds is 12. The molecule has 0 radical (unpaired) electrons. The second-order valence-corrected chi connectivity index (χ2v) is 10.8. The number of carboxylic acids is 2. The first-order valence-electron chi connectivity index (χ1n) is 13.8. The predicted molar refractivity (Wildman–Crippen MR) is 167 cm³/mol. The van der Waals surface area contributed by atoms with Crippen molar-refractivity contribution in [3.05, 3.63) is 101 Å². The van der Waals surface area contributed by atoms with Crippen LogP contribution in [0.25, 0.3) is 0 Å². The first kappa shape index (κ1) is 31.3. The molecule has 3 atom stereocenters. The van der Waals surface area contributed by atoms with Crippen molar-refractivity contribution in [2.45, 2.75) is 30.8 Å². The first-order chi connectivity index (χ1) is 20.6. The summed E-state index contributed by atoms with van der Waals surface area (Å²) < 4.78 is 0. The third-order valence-electron chi connectivity index (χ3n) is 7.72. The van der Waals surface area contributed by atoms with Crippen LogP contribution in [-0.2, 0) is 31.1 Å². The largest absolute Gasteiger partial charge is 0.481 e. The maximum atomic E-state index is 13.7. The number of hydrogen-bond acceptors (Lipinski definition) is 7. The minimum Gasteiger partial charge on any atom is -0.481 e. The van der Waals surface area contributed by atoms with Gasteiger partial charge in [0.25, 0.3) is 0 Å². The molecular formula is C32H34N4O6S. The number of hydrogen-bond donors (Lipinski definition) is 5. The molecule has 0 saturated heterocycles. The number of anilines is 1. The fourth-order valence-electron chi connectivity index (χ4n) is 5.28. The molecule has 0 aromatic heterocycles. The third kappa shape index (κ3) is 6.89. The number of likely N-dealkylation sites (N-methyl/N-ethyl adjacent to an activating group) is 1. The van der Waals surface area contributed by atoms with Gasteiger partial charge in [-0.25, -0.2) is 4.79 Å². The van der Waals surface area contributed by atoms with Crippen LogP contribution in [0.4, 0.5) is 5.69 Å². The molecule has 0 bridgehead atoms. The van der Waals surface area contributed by atoms with Gasteiger partial charge in [-0.3, -0.25) is 19.4 Å². The lowest BCUT2D eigenvalue weighted by atomic mass is 9.82. The number of nitrogens with one attached hydrogen (secondary N) is 1. The van der Waals surface area contributed by atoms with E-state index in [2.05, 4.69) is 17.9 Å². The van der Waals surface area contributed by atoms with Gasteiger partial charge in [-0.05, 0) is 36.1 Å². The number of primary amides is 1. The van der Waals surface area contributed by atoms with Gasteiger partial charge >= 0.3 is 11.9 Å². The number of fused-ring (bicyclic) bond motifs is 1. The summed E-state index contributed by atoms with van der Waals surface area (Å²) in [6, 6.07) is 22.5. The lowest BCUT2D eigenvalue weighted by molar-refractivity contribution is -0.150. The zero-order valence-corrected chi connectivity index (χ0v) is 24.5. The third-order valence-corrected chi connectivity index (χ3v) is 8.16. The number of nitrogens with two attached hydrogens (primary N) is 1. The second kappa shape index (κ2) is 13.6. The Labute approximate surface area is 255 Å². The minimum atomic E-state index is -2.09. The summed E-state index contributed by atoms with van der Waals surface area (Å²) >= 11 is 4.36. The molecule has 2 unspecified atom stereocenters. The van der Waals surface area contributed by atoms with E-state index in [0.717, 1.165) is 11.1 Å². The van der Waals surface area contributed by atoms with Gasteiger partial charge in [-0.2, -0.15) is 12.6 Å². The van der Waals surface area contributed by atoms with Gasteiger partial charge in [0, 0.05) is 36.0 Å². The first-order valence-corrected chi connectivity index (χ1v) is 14.4. The SMILES string of the molecule is CN1c2ccc([C@@](CCC(=O)O)(NC(=O)C(CS)Cc3ccccc3)C(=O)O)cc2C(c2ccccc2)=NCC1C(N)=O. The van der Waals surface area contributed by atoms with E-state index in [0.29, 0.717) is 23.4 Å². The topological polar surface area (TPSA) is 162 Å². The van der Waals surface area contributed by atoms with E-state index in [1.54, 1.807) is 24.1 Å². The predicted octanol–water partition coefficient (Wildman–Crippen LogP) is 2.88. The smallest absolute Gasteiger partial charge is 0.334 e. The standard InChI is InChI=1S/C32H34N4O6S/c1-36-25-13-12-23(17-24(25)28(21-10-6-3-7-11-21)34-18-26(36)29(33)39)32(31(41)42,15-14-27(37)38)35-30(40)22(19-43)16-20-8-4-2-5-9-20/h2-13,17,22,26,43H,14-16,18-19H2,1H3,(H2,33,39)(H,35,40)(H,37,38)(H,41,42)/t22?,26?,32-/m1/s1. The number of carbonyl (C=O) groups is 4. The molecule has 1 heterocycles. The Balaban J connectivity index is 1.85. The van der Waals surface area contributed by atoms with E-state index in [1.165, 1.54) is 6.07 Å². The molecule has 4 rings (SSSR count). The van der Waals surface area contributed by atoms with Gasteiger partial charge in [0.2, 0.25) is 11.8 Å². The number of benzodiazepines with no additional fused rings is 1. The van der Waals surface area contributed by atoms with Crippen LogP contribution in [0.15, 0.2) is 83.9 Å². The highest BCUT2D eigenvalue weighted by atomic mass is 32.1. The molecule has 0 saturated carbocycles. The van der Waals surface area contributed by atoms with Crippen molar-refractivity contribution in [3.63, 3.8) is 0 Å². The number of aliphatic imine (C=N–C) groups is 1. The van der Waals surface area contributed by atoms with Gasteiger partial charge in [-0.1, -0.05) is 66.7 Å². The van der Waals surface area contributed by atoms with Crippen molar-refractivity contribution in [3.8, 4) is 0 Å². The molecule has 10 nitrogen and oxygen atoms in total. The lowest BCUT2D eigenvalue weighted by Gasteiger charge is -2.34. The summed E-state index contributed by atoms with van der Waals surface area (Å²) in [5.41, 5.74) is 6.98. The van der Waals surface area contributed by atoms with Gasteiger partial charge in [0.15, 0.2) is 5.54 Å².